The lowest BCUT2D eigenvalue weighted by molar-refractivity contribution is 0.328. The number of nitrogens with zero attached hydrogens (tertiary/aromatic N) is 1. The molecule has 0 spiro atoms. The number of benzene rings is 2. The quantitative estimate of drug-likeness (QED) is 0.290. The van der Waals surface area contributed by atoms with Gasteiger partial charge in [-0.15, -0.1) is 24.0 Å². The van der Waals surface area contributed by atoms with Gasteiger partial charge in [0.2, 0.25) is 0 Å². The van der Waals surface area contributed by atoms with E-state index in [1.54, 1.807) is 12.1 Å². The number of hydrogen-bond donors (Lipinski definition) is 2. The molecule has 3 N–H and O–H groups in total. The summed E-state index contributed by atoms with van der Waals surface area (Å²) in [6, 6.07) is 14.1. The number of nitrogens with one attached hydrogen (secondary N) is 1. The van der Waals surface area contributed by atoms with Crippen LogP contribution in [-0.4, -0.2) is 33.8 Å². The van der Waals surface area contributed by atoms with Crippen molar-refractivity contribution < 1.29 is 13.2 Å². The first kappa shape index (κ1) is 21.2. The van der Waals surface area contributed by atoms with Crippen LogP contribution in [0.1, 0.15) is 5.56 Å². The van der Waals surface area contributed by atoms with Crippen LogP contribution in [0.15, 0.2) is 58.4 Å². The van der Waals surface area contributed by atoms with Gasteiger partial charge < -0.3 is 15.8 Å². The van der Waals surface area contributed by atoms with E-state index in [0.717, 1.165) is 11.3 Å². The molecule has 0 unspecified atom stereocenters. The van der Waals surface area contributed by atoms with Crippen molar-refractivity contribution in [3.63, 3.8) is 0 Å². The van der Waals surface area contributed by atoms with E-state index in [-0.39, 0.29) is 28.9 Å². The second kappa shape index (κ2) is 9.62. The number of aliphatic imine (C=N–C) groups is 1. The maximum Gasteiger partial charge on any atom is 0.193 e. The zero-order valence-electron chi connectivity index (χ0n) is 14.1. The second-order valence-electron chi connectivity index (χ2n) is 5.35. The molecule has 0 atom stereocenters. The maximum atomic E-state index is 11.4. The Kier molecular flexibility index (Phi) is 8.17. The maximum absolute atomic E-state index is 11.4. The predicted molar refractivity (Wildman–Crippen MR) is 112 cm³/mol. The van der Waals surface area contributed by atoms with E-state index in [1.165, 1.54) is 18.4 Å². The van der Waals surface area contributed by atoms with Gasteiger partial charge in [-0.3, -0.25) is 0 Å². The zero-order valence-corrected chi connectivity index (χ0v) is 17.2. The van der Waals surface area contributed by atoms with E-state index < -0.39 is 9.84 Å². The largest absolute Gasteiger partial charge is 0.492 e. The van der Waals surface area contributed by atoms with Crippen LogP contribution >= 0.6 is 24.0 Å². The lowest BCUT2D eigenvalue weighted by atomic mass is 10.2. The van der Waals surface area contributed by atoms with E-state index in [2.05, 4.69) is 10.3 Å². The number of sulfone groups is 1. The molecule has 0 aromatic heterocycles. The molecule has 0 bridgehead atoms. The third kappa shape index (κ3) is 7.30. The van der Waals surface area contributed by atoms with Crippen LogP contribution in [0, 0.1) is 6.92 Å². The molecule has 0 radical (unpaired) electrons. The van der Waals surface area contributed by atoms with E-state index in [1.807, 2.05) is 31.2 Å². The molecule has 0 aliphatic heterocycles. The molecule has 0 amide bonds. The van der Waals surface area contributed by atoms with Gasteiger partial charge >= 0.3 is 0 Å². The highest BCUT2D eigenvalue weighted by Gasteiger charge is 2.06. The first-order chi connectivity index (χ1) is 11.3. The summed E-state index contributed by atoms with van der Waals surface area (Å²) in [6.07, 6.45) is 1.17. The van der Waals surface area contributed by atoms with Gasteiger partial charge in [0.05, 0.1) is 11.4 Å². The number of nitrogens with two attached hydrogens (primary N) is 1. The number of hydrogen-bond acceptors (Lipinski definition) is 4. The molecule has 0 aliphatic carbocycles. The number of rotatable bonds is 6. The van der Waals surface area contributed by atoms with Crippen LogP contribution in [0.2, 0.25) is 0 Å². The SMILES string of the molecule is Cc1cccc(NC(N)=NCCOc2ccc(S(C)(=O)=O)cc2)c1.I. The fraction of sp³-hybridized carbons (Fsp3) is 0.235. The van der Waals surface area contributed by atoms with Crippen LogP contribution in [-0.2, 0) is 9.84 Å². The second-order valence-corrected chi connectivity index (χ2v) is 7.37. The normalized spacial score (nSPS) is 11.5. The van der Waals surface area contributed by atoms with Gasteiger partial charge in [0.25, 0.3) is 0 Å². The molecule has 2 rings (SSSR count). The number of guanidine groups is 1. The highest BCUT2D eigenvalue weighted by atomic mass is 127. The van der Waals surface area contributed by atoms with Crippen molar-refractivity contribution in [2.45, 2.75) is 11.8 Å². The Bertz CT molecular complexity index is 821. The van der Waals surface area contributed by atoms with Crippen molar-refractivity contribution in [1.29, 1.82) is 0 Å². The van der Waals surface area contributed by atoms with Gasteiger partial charge in [-0.2, -0.15) is 0 Å². The van der Waals surface area contributed by atoms with Crippen LogP contribution in [0.25, 0.3) is 0 Å². The molecule has 25 heavy (non-hydrogen) atoms. The molecule has 6 nitrogen and oxygen atoms in total. The van der Waals surface area contributed by atoms with Crippen LogP contribution in [0.5, 0.6) is 5.75 Å². The van der Waals surface area contributed by atoms with Gasteiger partial charge in [0, 0.05) is 11.9 Å². The van der Waals surface area contributed by atoms with Crippen LogP contribution in [0.3, 0.4) is 0 Å². The van der Waals surface area contributed by atoms with Crippen LogP contribution in [0.4, 0.5) is 5.69 Å². The Morgan fingerprint density at radius 3 is 2.48 bits per heavy atom. The van der Waals surface area contributed by atoms with Crippen molar-refractivity contribution in [3.05, 3.63) is 54.1 Å². The molecule has 136 valence electrons. The average molecular weight is 475 g/mol. The third-order valence-corrected chi connectivity index (χ3v) is 4.31. The van der Waals surface area contributed by atoms with E-state index >= 15 is 0 Å². The van der Waals surface area contributed by atoms with Crippen LogP contribution < -0.4 is 15.8 Å². The summed E-state index contributed by atoms with van der Waals surface area (Å²) in [7, 11) is -3.19. The Balaban J connectivity index is 0.00000312. The van der Waals surface area contributed by atoms with E-state index in [9.17, 15) is 8.42 Å². The molecule has 0 saturated carbocycles. The van der Waals surface area contributed by atoms with Crippen molar-refractivity contribution in [3.8, 4) is 5.75 Å². The Morgan fingerprint density at radius 2 is 1.88 bits per heavy atom. The molecule has 2 aromatic rings. The molecule has 0 saturated heterocycles. The van der Waals surface area contributed by atoms with E-state index in [4.69, 9.17) is 10.5 Å². The zero-order chi connectivity index (χ0) is 17.6. The lowest BCUT2D eigenvalue weighted by Gasteiger charge is -2.07. The fourth-order valence-electron chi connectivity index (χ4n) is 2.02. The fourth-order valence-corrected chi connectivity index (χ4v) is 2.65. The number of ether oxygens (including phenoxy) is 1. The topological polar surface area (TPSA) is 93.8 Å². The smallest absolute Gasteiger partial charge is 0.193 e. The van der Waals surface area contributed by atoms with Gasteiger partial charge in [-0.1, -0.05) is 12.1 Å². The van der Waals surface area contributed by atoms with Gasteiger partial charge in [-0.25, -0.2) is 13.4 Å². The van der Waals surface area contributed by atoms with Gasteiger partial charge in [-0.05, 0) is 48.9 Å². The minimum absolute atomic E-state index is 0. The van der Waals surface area contributed by atoms with Crippen molar-refractivity contribution >= 4 is 45.5 Å². The summed E-state index contributed by atoms with van der Waals surface area (Å²) in [4.78, 5) is 4.45. The summed E-state index contributed by atoms with van der Waals surface area (Å²) >= 11 is 0. The Labute approximate surface area is 165 Å². The highest BCUT2D eigenvalue weighted by Crippen LogP contribution is 2.15. The summed E-state index contributed by atoms with van der Waals surface area (Å²) in [6.45, 7) is 2.73. The standard InChI is InChI=1S/C17H21N3O3S.HI/c1-13-4-3-5-14(12-13)20-17(18)19-10-11-23-15-6-8-16(9-7-15)24(2,21)22;/h3-9,12H,10-11H2,1-2H3,(H3,18,19,20);1H. The highest BCUT2D eigenvalue weighted by molar-refractivity contribution is 14.0. The van der Waals surface area contributed by atoms with Gasteiger partial charge in [0.15, 0.2) is 15.8 Å². The minimum Gasteiger partial charge on any atom is -0.492 e. The summed E-state index contributed by atoms with van der Waals surface area (Å²) in [5.41, 5.74) is 7.84. The summed E-state index contributed by atoms with van der Waals surface area (Å²) in [5.74, 6) is 0.902. The minimum atomic E-state index is -3.19. The number of aryl methyl sites for hydroxylation is 1. The van der Waals surface area contributed by atoms with Crippen molar-refractivity contribution in [2.24, 2.45) is 10.7 Å². The first-order valence-corrected chi connectivity index (χ1v) is 9.30. The molecular formula is C17H22IN3O3S. The van der Waals surface area contributed by atoms with Gasteiger partial charge in [0.1, 0.15) is 12.4 Å². The predicted octanol–water partition coefficient (Wildman–Crippen LogP) is 2.82. The number of anilines is 1. The lowest BCUT2D eigenvalue weighted by Crippen LogP contribution is -2.23. The molecular weight excluding hydrogens is 453 g/mol. The van der Waals surface area contributed by atoms with Crippen molar-refractivity contribution in [1.82, 2.24) is 0 Å². The molecule has 0 aliphatic rings. The van der Waals surface area contributed by atoms with Crippen molar-refractivity contribution in [2.75, 3.05) is 24.7 Å². The Hall–Kier alpha value is -1.81. The monoisotopic (exact) mass is 475 g/mol. The average Bonchev–Trinajstić information content (AvgIpc) is 2.51. The summed E-state index contributed by atoms with van der Waals surface area (Å²) in [5, 5.41) is 3.01. The van der Waals surface area contributed by atoms with E-state index in [0.29, 0.717) is 24.9 Å². The summed E-state index contributed by atoms with van der Waals surface area (Å²) < 4.78 is 28.3. The Morgan fingerprint density at radius 1 is 1.20 bits per heavy atom. The third-order valence-electron chi connectivity index (χ3n) is 3.18. The molecule has 0 heterocycles. The molecule has 8 heteroatoms. The first-order valence-electron chi connectivity index (χ1n) is 7.41. The molecule has 0 fully saturated rings. The number of halogens is 1. The molecule has 2 aromatic carbocycles.